The second-order valence-corrected chi connectivity index (χ2v) is 6.31. The van der Waals surface area contributed by atoms with Crippen LogP contribution in [-0.2, 0) is 22.6 Å². The van der Waals surface area contributed by atoms with Gasteiger partial charge in [-0.15, -0.1) is 0 Å². The minimum absolute atomic E-state index is 0.163. The lowest BCUT2D eigenvalue weighted by Crippen LogP contribution is -2.45. The zero-order valence-corrected chi connectivity index (χ0v) is 14.7. The predicted octanol–water partition coefficient (Wildman–Crippen LogP) is 3.20. The van der Waals surface area contributed by atoms with E-state index in [-0.39, 0.29) is 18.2 Å². The molecule has 3 aromatic rings. The Labute approximate surface area is 153 Å². The monoisotopic (exact) mass is 346 g/mol. The lowest BCUT2D eigenvalue weighted by Gasteiger charge is -2.15. The fraction of sp³-hybridized carbons (Fsp3) is 0.182. The first-order valence-electron chi connectivity index (χ1n) is 8.71. The van der Waals surface area contributed by atoms with Crippen molar-refractivity contribution >= 4 is 22.6 Å². The first-order valence-corrected chi connectivity index (χ1v) is 8.71. The highest BCUT2D eigenvalue weighted by Gasteiger charge is 2.16. The van der Waals surface area contributed by atoms with E-state index in [4.69, 9.17) is 0 Å². The molecule has 0 fully saturated rings. The van der Waals surface area contributed by atoms with Crippen molar-refractivity contribution in [2.75, 3.05) is 0 Å². The van der Waals surface area contributed by atoms with Gasteiger partial charge >= 0.3 is 0 Å². The molecule has 132 valence electrons. The number of carbonyl (C=O) groups excluding carboxylic acids is 2. The highest BCUT2D eigenvalue weighted by Crippen LogP contribution is 2.18. The molecule has 3 rings (SSSR count). The maximum absolute atomic E-state index is 12.4. The number of nitrogens with one attached hydrogen (secondary N) is 2. The SMILES string of the molecule is C[C@@H](NC(=O)Cc1cccc2ccccc12)C(=O)NCc1ccccc1. The van der Waals surface area contributed by atoms with Crippen molar-refractivity contribution in [1.82, 2.24) is 10.6 Å². The lowest BCUT2D eigenvalue weighted by molar-refractivity contribution is -0.128. The molecule has 0 saturated carbocycles. The molecule has 3 aromatic carbocycles. The third-order valence-corrected chi connectivity index (χ3v) is 4.31. The van der Waals surface area contributed by atoms with Gasteiger partial charge in [-0.3, -0.25) is 9.59 Å². The maximum atomic E-state index is 12.4. The predicted molar refractivity (Wildman–Crippen MR) is 104 cm³/mol. The smallest absolute Gasteiger partial charge is 0.242 e. The van der Waals surface area contributed by atoms with E-state index in [1.54, 1.807) is 6.92 Å². The summed E-state index contributed by atoms with van der Waals surface area (Å²) in [5.41, 5.74) is 1.98. The molecule has 0 unspecified atom stereocenters. The number of amides is 2. The van der Waals surface area contributed by atoms with Crippen molar-refractivity contribution in [3.8, 4) is 0 Å². The summed E-state index contributed by atoms with van der Waals surface area (Å²) in [6.45, 7) is 2.14. The summed E-state index contributed by atoms with van der Waals surface area (Å²) in [5.74, 6) is -0.358. The summed E-state index contributed by atoms with van der Waals surface area (Å²) >= 11 is 0. The van der Waals surface area contributed by atoms with Crippen LogP contribution < -0.4 is 10.6 Å². The first kappa shape index (κ1) is 17.7. The Bertz CT molecular complexity index is 901. The summed E-state index contributed by atoms with van der Waals surface area (Å²) in [5, 5.41) is 7.79. The summed E-state index contributed by atoms with van der Waals surface area (Å²) < 4.78 is 0. The fourth-order valence-electron chi connectivity index (χ4n) is 2.92. The second kappa shape index (κ2) is 8.30. The van der Waals surface area contributed by atoms with E-state index in [1.165, 1.54) is 0 Å². The van der Waals surface area contributed by atoms with Gasteiger partial charge in [-0.1, -0.05) is 72.8 Å². The molecular weight excluding hydrogens is 324 g/mol. The largest absolute Gasteiger partial charge is 0.350 e. The van der Waals surface area contributed by atoms with Gasteiger partial charge in [-0.2, -0.15) is 0 Å². The Morgan fingerprint density at radius 2 is 1.58 bits per heavy atom. The molecule has 0 aliphatic rings. The van der Waals surface area contributed by atoms with Crippen molar-refractivity contribution < 1.29 is 9.59 Å². The molecule has 0 spiro atoms. The Kier molecular flexibility index (Phi) is 5.64. The summed E-state index contributed by atoms with van der Waals surface area (Å²) in [6, 6.07) is 23.0. The van der Waals surface area contributed by atoms with E-state index in [2.05, 4.69) is 10.6 Å². The van der Waals surface area contributed by atoms with Crippen LogP contribution in [0.3, 0.4) is 0 Å². The van der Waals surface area contributed by atoms with E-state index in [1.807, 2.05) is 72.8 Å². The Hall–Kier alpha value is -3.14. The van der Waals surface area contributed by atoms with Crippen molar-refractivity contribution in [3.05, 3.63) is 83.9 Å². The zero-order valence-electron chi connectivity index (χ0n) is 14.7. The molecule has 0 saturated heterocycles. The third-order valence-electron chi connectivity index (χ3n) is 4.31. The number of benzene rings is 3. The van der Waals surface area contributed by atoms with Crippen LogP contribution in [0.2, 0.25) is 0 Å². The highest BCUT2D eigenvalue weighted by molar-refractivity contribution is 5.92. The van der Waals surface area contributed by atoms with Crippen molar-refractivity contribution in [1.29, 1.82) is 0 Å². The average Bonchev–Trinajstić information content (AvgIpc) is 2.67. The van der Waals surface area contributed by atoms with E-state index in [0.717, 1.165) is 21.9 Å². The van der Waals surface area contributed by atoms with Gasteiger partial charge in [0.1, 0.15) is 6.04 Å². The van der Waals surface area contributed by atoms with Crippen LogP contribution in [0.1, 0.15) is 18.1 Å². The third kappa shape index (κ3) is 4.48. The Morgan fingerprint density at radius 3 is 2.38 bits per heavy atom. The van der Waals surface area contributed by atoms with Crippen LogP contribution in [0.25, 0.3) is 10.8 Å². The average molecular weight is 346 g/mol. The van der Waals surface area contributed by atoms with Gasteiger partial charge < -0.3 is 10.6 Å². The number of hydrogen-bond donors (Lipinski definition) is 2. The molecule has 4 heteroatoms. The van der Waals surface area contributed by atoms with Crippen LogP contribution in [0, 0.1) is 0 Å². The molecule has 1 atom stereocenters. The van der Waals surface area contributed by atoms with Gasteiger partial charge in [0, 0.05) is 6.54 Å². The molecular formula is C22H22N2O2. The van der Waals surface area contributed by atoms with E-state index >= 15 is 0 Å². The molecule has 4 nitrogen and oxygen atoms in total. The Balaban J connectivity index is 1.56. The van der Waals surface area contributed by atoms with Crippen molar-refractivity contribution in [2.45, 2.75) is 25.9 Å². The number of fused-ring (bicyclic) bond motifs is 1. The van der Waals surface area contributed by atoms with Crippen molar-refractivity contribution in [3.63, 3.8) is 0 Å². The number of carbonyl (C=O) groups is 2. The van der Waals surface area contributed by atoms with Crippen LogP contribution in [-0.4, -0.2) is 17.9 Å². The lowest BCUT2D eigenvalue weighted by atomic mass is 10.0. The highest BCUT2D eigenvalue weighted by atomic mass is 16.2. The standard InChI is InChI=1S/C22H22N2O2/c1-16(22(26)23-15-17-8-3-2-4-9-17)24-21(25)14-19-12-7-11-18-10-5-6-13-20(18)19/h2-13,16H,14-15H2,1H3,(H,23,26)(H,24,25)/t16-/m1/s1. The molecule has 26 heavy (non-hydrogen) atoms. The van der Waals surface area contributed by atoms with Crippen LogP contribution in [0.15, 0.2) is 72.8 Å². The quantitative estimate of drug-likeness (QED) is 0.720. The molecule has 0 aromatic heterocycles. The molecule has 0 aliphatic carbocycles. The second-order valence-electron chi connectivity index (χ2n) is 6.31. The minimum atomic E-state index is -0.582. The van der Waals surface area contributed by atoms with Gasteiger partial charge in [0.2, 0.25) is 11.8 Å². The summed E-state index contributed by atoms with van der Waals surface area (Å²) in [6.07, 6.45) is 0.248. The first-order chi connectivity index (χ1) is 12.6. The normalized spacial score (nSPS) is 11.7. The molecule has 0 bridgehead atoms. The van der Waals surface area contributed by atoms with Crippen LogP contribution in [0.4, 0.5) is 0 Å². The molecule has 0 radical (unpaired) electrons. The van der Waals surface area contributed by atoms with Gasteiger partial charge in [0.15, 0.2) is 0 Å². The molecule has 2 amide bonds. The van der Waals surface area contributed by atoms with E-state index in [9.17, 15) is 9.59 Å². The number of hydrogen-bond acceptors (Lipinski definition) is 2. The fourth-order valence-corrected chi connectivity index (χ4v) is 2.92. The van der Waals surface area contributed by atoms with Gasteiger partial charge in [-0.25, -0.2) is 0 Å². The topological polar surface area (TPSA) is 58.2 Å². The van der Waals surface area contributed by atoms with Gasteiger partial charge in [-0.05, 0) is 28.8 Å². The molecule has 2 N–H and O–H groups in total. The van der Waals surface area contributed by atoms with E-state index < -0.39 is 6.04 Å². The zero-order chi connectivity index (χ0) is 18.4. The molecule has 0 aliphatic heterocycles. The summed E-state index contributed by atoms with van der Waals surface area (Å²) in [4.78, 5) is 24.5. The summed E-state index contributed by atoms with van der Waals surface area (Å²) in [7, 11) is 0. The van der Waals surface area contributed by atoms with Gasteiger partial charge in [0.25, 0.3) is 0 Å². The Morgan fingerprint density at radius 1 is 0.885 bits per heavy atom. The minimum Gasteiger partial charge on any atom is -0.350 e. The molecule has 0 heterocycles. The van der Waals surface area contributed by atoms with Crippen LogP contribution in [0.5, 0.6) is 0 Å². The van der Waals surface area contributed by atoms with E-state index in [0.29, 0.717) is 6.54 Å². The number of rotatable bonds is 6. The maximum Gasteiger partial charge on any atom is 0.242 e. The van der Waals surface area contributed by atoms with Crippen LogP contribution >= 0.6 is 0 Å². The van der Waals surface area contributed by atoms with Gasteiger partial charge in [0.05, 0.1) is 6.42 Å². The van der Waals surface area contributed by atoms with Crippen molar-refractivity contribution in [2.24, 2.45) is 0 Å².